The zero-order valence-electron chi connectivity index (χ0n) is 14.4. The van der Waals surface area contributed by atoms with E-state index >= 15 is 0 Å². The Balaban J connectivity index is 1.77. The van der Waals surface area contributed by atoms with Crippen LogP contribution in [0.25, 0.3) is 0 Å². The largest absolute Gasteiger partial charge is 0.454 e. The van der Waals surface area contributed by atoms with Crippen molar-refractivity contribution in [2.75, 3.05) is 47.3 Å². The number of carbonyl (C=O) groups is 2. The molecule has 0 bridgehead atoms. The molecule has 0 spiro atoms. The van der Waals surface area contributed by atoms with Crippen molar-refractivity contribution in [3.05, 3.63) is 23.8 Å². The minimum Gasteiger partial charge on any atom is -0.454 e. The van der Waals surface area contributed by atoms with Crippen LogP contribution >= 0.6 is 0 Å². The molecule has 2 aliphatic rings. The Morgan fingerprint density at radius 2 is 2.12 bits per heavy atom. The fraction of sp³-hybridized carbons (Fsp3) is 0.529. The van der Waals surface area contributed by atoms with E-state index in [0.717, 1.165) is 0 Å². The number of nitrogens with one attached hydrogen (secondary N) is 1. The molecule has 3 rings (SSSR count). The van der Waals surface area contributed by atoms with Gasteiger partial charge in [0.2, 0.25) is 12.7 Å². The maximum absolute atomic E-state index is 12.9. The molecule has 136 valence electrons. The van der Waals surface area contributed by atoms with Gasteiger partial charge in [-0.2, -0.15) is 0 Å². The highest BCUT2D eigenvalue weighted by Crippen LogP contribution is 2.33. The van der Waals surface area contributed by atoms with Crippen LogP contribution in [-0.4, -0.2) is 69.6 Å². The number of methoxy groups -OCH3 is 1. The number of ether oxygens (including phenoxy) is 4. The van der Waals surface area contributed by atoms with Gasteiger partial charge in [0, 0.05) is 26.3 Å². The molecule has 0 saturated carbocycles. The highest BCUT2D eigenvalue weighted by molar-refractivity contribution is 5.95. The van der Waals surface area contributed by atoms with E-state index in [1.807, 2.05) is 0 Å². The Bertz CT molecular complexity index is 661. The van der Waals surface area contributed by atoms with Crippen molar-refractivity contribution in [1.29, 1.82) is 0 Å². The molecule has 25 heavy (non-hydrogen) atoms. The number of rotatable bonds is 5. The first kappa shape index (κ1) is 17.5. The van der Waals surface area contributed by atoms with Gasteiger partial charge in [-0.3, -0.25) is 9.59 Å². The van der Waals surface area contributed by atoms with Crippen molar-refractivity contribution in [2.24, 2.45) is 0 Å². The van der Waals surface area contributed by atoms with E-state index in [4.69, 9.17) is 18.9 Å². The first-order valence-corrected chi connectivity index (χ1v) is 8.09. The smallest absolute Gasteiger partial charge is 0.254 e. The molecule has 1 fully saturated rings. The molecule has 0 aromatic heterocycles. The predicted molar refractivity (Wildman–Crippen MR) is 87.7 cm³/mol. The Labute approximate surface area is 146 Å². The summed E-state index contributed by atoms with van der Waals surface area (Å²) in [7, 11) is 3.12. The summed E-state index contributed by atoms with van der Waals surface area (Å²) >= 11 is 0. The van der Waals surface area contributed by atoms with Gasteiger partial charge in [0.1, 0.15) is 5.60 Å². The molecule has 8 heteroatoms. The summed E-state index contributed by atoms with van der Waals surface area (Å²) in [5.74, 6) is 0.896. The van der Waals surface area contributed by atoms with Crippen molar-refractivity contribution in [3.8, 4) is 11.5 Å². The molecular formula is C17H22N2O6. The molecule has 1 aromatic rings. The molecule has 2 aliphatic heterocycles. The van der Waals surface area contributed by atoms with Crippen LogP contribution in [0.2, 0.25) is 0 Å². The van der Waals surface area contributed by atoms with E-state index in [9.17, 15) is 9.59 Å². The van der Waals surface area contributed by atoms with Gasteiger partial charge in [-0.1, -0.05) is 0 Å². The fourth-order valence-corrected chi connectivity index (χ4v) is 3.12. The second kappa shape index (κ2) is 7.28. The van der Waals surface area contributed by atoms with Crippen LogP contribution < -0.4 is 14.8 Å². The van der Waals surface area contributed by atoms with E-state index in [1.54, 1.807) is 37.3 Å². The fourth-order valence-electron chi connectivity index (χ4n) is 3.12. The lowest BCUT2D eigenvalue weighted by Crippen LogP contribution is -2.57. The van der Waals surface area contributed by atoms with Gasteiger partial charge in [0.15, 0.2) is 11.5 Å². The molecule has 0 aliphatic carbocycles. The average molecular weight is 350 g/mol. The summed E-state index contributed by atoms with van der Waals surface area (Å²) in [6.07, 6.45) is 0.127. The van der Waals surface area contributed by atoms with Gasteiger partial charge in [-0.25, -0.2) is 0 Å². The second-order valence-corrected chi connectivity index (χ2v) is 6.11. The van der Waals surface area contributed by atoms with Gasteiger partial charge >= 0.3 is 0 Å². The Morgan fingerprint density at radius 3 is 2.88 bits per heavy atom. The quantitative estimate of drug-likeness (QED) is 0.828. The topological polar surface area (TPSA) is 86.3 Å². The number of amides is 2. The molecule has 1 aromatic carbocycles. The molecular weight excluding hydrogens is 328 g/mol. The first-order chi connectivity index (χ1) is 12.1. The number of morpholine rings is 1. The van der Waals surface area contributed by atoms with Crippen LogP contribution in [0.4, 0.5) is 0 Å². The molecule has 0 radical (unpaired) electrons. The van der Waals surface area contributed by atoms with Gasteiger partial charge in [-0.15, -0.1) is 0 Å². The van der Waals surface area contributed by atoms with Crippen molar-refractivity contribution in [3.63, 3.8) is 0 Å². The second-order valence-electron chi connectivity index (χ2n) is 6.11. The van der Waals surface area contributed by atoms with Crippen molar-refractivity contribution in [2.45, 2.75) is 12.0 Å². The van der Waals surface area contributed by atoms with Gasteiger partial charge in [0.25, 0.3) is 5.91 Å². The highest BCUT2D eigenvalue weighted by Gasteiger charge is 2.40. The number of benzene rings is 1. The third-order valence-corrected chi connectivity index (χ3v) is 4.32. The third kappa shape index (κ3) is 3.69. The normalized spacial score (nSPS) is 21.9. The Morgan fingerprint density at radius 1 is 1.32 bits per heavy atom. The summed E-state index contributed by atoms with van der Waals surface area (Å²) in [6.45, 7) is 1.46. The number of hydrogen-bond acceptors (Lipinski definition) is 6. The van der Waals surface area contributed by atoms with Crippen LogP contribution in [0.5, 0.6) is 11.5 Å². The van der Waals surface area contributed by atoms with E-state index in [-0.39, 0.29) is 38.2 Å². The minimum absolute atomic E-state index is 0.127. The molecule has 1 saturated heterocycles. The summed E-state index contributed by atoms with van der Waals surface area (Å²) in [4.78, 5) is 26.4. The lowest BCUT2D eigenvalue weighted by atomic mass is 9.96. The lowest BCUT2D eigenvalue weighted by Gasteiger charge is -2.42. The molecule has 2 amide bonds. The lowest BCUT2D eigenvalue weighted by molar-refractivity contribution is -0.150. The molecule has 2 heterocycles. The molecule has 0 unspecified atom stereocenters. The van der Waals surface area contributed by atoms with Crippen LogP contribution in [0.3, 0.4) is 0 Å². The zero-order chi connectivity index (χ0) is 17.9. The summed E-state index contributed by atoms with van der Waals surface area (Å²) in [5.41, 5.74) is -0.337. The van der Waals surface area contributed by atoms with Gasteiger partial charge in [0.05, 0.1) is 26.2 Å². The Kier molecular flexibility index (Phi) is 5.10. The van der Waals surface area contributed by atoms with Crippen LogP contribution in [0.15, 0.2) is 18.2 Å². The molecule has 8 nitrogen and oxygen atoms in total. The Hall–Kier alpha value is -2.32. The summed E-state index contributed by atoms with van der Waals surface area (Å²) in [6, 6.07) is 5.11. The molecule has 1 N–H and O–H groups in total. The minimum atomic E-state index is -0.848. The standard InChI is InChI=1S/C17H22N2O6/c1-18-15(20)8-17(10-22-2)9-19(5-6-25-17)16(21)12-3-4-13-14(7-12)24-11-23-13/h3-4,7H,5-6,8-11H2,1-2H3,(H,18,20)/t17-/m0/s1. The first-order valence-electron chi connectivity index (χ1n) is 8.09. The number of fused-ring (bicyclic) bond motifs is 1. The van der Waals surface area contributed by atoms with E-state index < -0.39 is 5.60 Å². The number of carbonyl (C=O) groups excluding carboxylic acids is 2. The highest BCUT2D eigenvalue weighted by atomic mass is 16.7. The monoisotopic (exact) mass is 350 g/mol. The van der Waals surface area contributed by atoms with Crippen molar-refractivity contribution >= 4 is 11.8 Å². The summed E-state index contributed by atoms with van der Waals surface area (Å²) in [5, 5.41) is 2.59. The van der Waals surface area contributed by atoms with Gasteiger partial charge < -0.3 is 29.2 Å². The maximum atomic E-state index is 12.9. The maximum Gasteiger partial charge on any atom is 0.254 e. The summed E-state index contributed by atoms with van der Waals surface area (Å²) < 4.78 is 21.7. The van der Waals surface area contributed by atoms with Crippen molar-refractivity contribution < 1.29 is 28.5 Å². The van der Waals surface area contributed by atoms with Crippen LogP contribution in [-0.2, 0) is 14.3 Å². The average Bonchev–Trinajstić information content (AvgIpc) is 3.09. The van der Waals surface area contributed by atoms with E-state index in [2.05, 4.69) is 5.32 Å². The zero-order valence-corrected chi connectivity index (χ0v) is 14.4. The van der Waals surface area contributed by atoms with Gasteiger partial charge in [-0.05, 0) is 18.2 Å². The third-order valence-electron chi connectivity index (χ3n) is 4.32. The number of hydrogen-bond donors (Lipinski definition) is 1. The molecule has 1 atom stereocenters. The SMILES string of the molecule is CNC(=O)C[C@@]1(COC)CN(C(=O)c2ccc3c(c2)OCO3)CCO1. The van der Waals surface area contributed by atoms with Crippen LogP contribution in [0.1, 0.15) is 16.8 Å². The van der Waals surface area contributed by atoms with Crippen LogP contribution in [0, 0.1) is 0 Å². The van der Waals surface area contributed by atoms with E-state index in [1.165, 1.54) is 0 Å². The van der Waals surface area contributed by atoms with E-state index in [0.29, 0.717) is 30.2 Å². The number of nitrogens with zero attached hydrogens (tertiary/aromatic N) is 1. The predicted octanol–water partition coefficient (Wildman–Crippen LogP) is 0.409. The van der Waals surface area contributed by atoms with Crippen molar-refractivity contribution in [1.82, 2.24) is 10.2 Å².